The first kappa shape index (κ1) is 12.2. The van der Waals surface area contributed by atoms with Crippen LogP contribution in [0.5, 0.6) is 0 Å². The molecule has 0 atom stereocenters. The van der Waals surface area contributed by atoms with E-state index in [0.717, 1.165) is 11.1 Å². The van der Waals surface area contributed by atoms with Crippen molar-refractivity contribution in [1.82, 2.24) is 5.32 Å². The molecule has 2 aromatic carbocycles. The number of nitrogens with one attached hydrogen (secondary N) is 1. The van der Waals surface area contributed by atoms with E-state index in [0.29, 0.717) is 6.54 Å². The summed E-state index contributed by atoms with van der Waals surface area (Å²) in [6.07, 6.45) is -0.410. The number of alkyl carbamates (subject to hydrolysis) is 1. The molecule has 1 N–H and O–H groups in total. The molecule has 0 bridgehead atoms. The van der Waals surface area contributed by atoms with Crippen LogP contribution < -0.4 is 5.32 Å². The van der Waals surface area contributed by atoms with Crippen LogP contribution in [0.25, 0.3) is 0 Å². The van der Waals surface area contributed by atoms with E-state index in [1.54, 1.807) is 0 Å². The molecule has 2 aromatic rings. The highest BCUT2D eigenvalue weighted by molar-refractivity contribution is 5.67. The Morgan fingerprint density at radius 3 is 2.50 bits per heavy atom. The maximum atomic E-state index is 11.4. The summed E-state index contributed by atoms with van der Waals surface area (Å²) in [5.74, 6) is 0. The molecule has 0 heterocycles. The maximum Gasteiger partial charge on any atom is 0.407 e. The highest BCUT2D eigenvalue weighted by atomic mass is 16.5. The van der Waals surface area contributed by atoms with E-state index >= 15 is 0 Å². The molecule has 2 rings (SSSR count). The van der Waals surface area contributed by atoms with Gasteiger partial charge in [0.05, 0.1) is 0 Å². The van der Waals surface area contributed by atoms with E-state index < -0.39 is 6.09 Å². The van der Waals surface area contributed by atoms with E-state index in [1.807, 2.05) is 54.6 Å². The summed E-state index contributed by atoms with van der Waals surface area (Å²) in [5.41, 5.74) is 1.99. The molecule has 0 aliphatic carbocycles. The summed E-state index contributed by atoms with van der Waals surface area (Å²) in [5, 5.41) is 2.69. The van der Waals surface area contributed by atoms with Crippen LogP contribution >= 0.6 is 0 Å². The first-order chi connectivity index (χ1) is 8.84. The number of ether oxygens (including phenoxy) is 1. The van der Waals surface area contributed by atoms with Crippen LogP contribution in [0.4, 0.5) is 4.79 Å². The zero-order valence-corrected chi connectivity index (χ0v) is 9.93. The van der Waals surface area contributed by atoms with Crippen LogP contribution in [0, 0.1) is 6.07 Å². The summed E-state index contributed by atoms with van der Waals surface area (Å²) < 4.78 is 5.09. The summed E-state index contributed by atoms with van der Waals surface area (Å²) in [4.78, 5) is 11.4. The van der Waals surface area contributed by atoms with E-state index in [9.17, 15) is 4.79 Å². The van der Waals surface area contributed by atoms with Gasteiger partial charge in [0.2, 0.25) is 0 Å². The largest absolute Gasteiger partial charge is 0.445 e. The van der Waals surface area contributed by atoms with Crippen LogP contribution in [-0.4, -0.2) is 6.09 Å². The molecule has 1 amide bonds. The zero-order chi connectivity index (χ0) is 12.6. The summed E-state index contributed by atoms with van der Waals surface area (Å²) >= 11 is 0. The monoisotopic (exact) mass is 240 g/mol. The van der Waals surface area contributed by atoms with Gasteiger partial charge in [-0.2, -0.15) is 0 Å². The number of amides is 1. The molecule has 0 aliphatic rings. The van der Waals surface area contributed by atoms with E-state index in [4.69, 9.17) is 4.74 Å². The Morgan fingerprint density at radius 2 is 1.78 bits per heavy atom. The van der Waals surface area contributed by atoms with Crippen molar-refractivity contribution < 1.29 is 9.53 Å². The normalized spacial score (nSPS) is 9.78. The van der Waals surface area contributed by atoms with Gasteiger partial charge in [0.25, 0.3) is 0 Å². The Kier molecular flexibility index (Phi) is 4.36. The Morgan fingerprint density at radius 1 is 1.06 bits per heavy atom. The van der Waals surface area contributed by atoms with Gasteiger partial charge in [-0.3, -0.25) is 0 Å². The fraction of sp³-hybridized carbons (Fsp3) is 0.133. The first-order valence-corrected chi connectivity index (χ1v) is 5.74. The van der Waals surface area contributed by atoms with Crippen molar-refractivity contribution in [3.63, 3.8) is 0 Å². The molecular weight excluding hydrogens is 226 g/mol. The number of benzene rings is 2. The lowest BCUT2D eigenvalue weighted by atomic mass is 10.2. The summed E-state index contributed by atoms with van der Waals surface area (Å²) in [7, 11) is 0. The molecular formula is C15H14NO2. The molecule has 0 aliphatic heterocycles. The molecule has 3 heteroatoms. The van der Waals surface area contributed by atoms with E-state index in [-0.39, 0.29) is 6.61 Å². The standard InChI is InChI=1S/C15H14NO2/c17-15(16-11-13-7-3-1-4-8-13)18-12-14-9-5-2-6-10-14/h2-10H,11-12H2,(H,16,17). The number of carbonyl (C=O) groups is 1. The van der Waals surface area contributed by atoms with Gasteiger partial charge in [0.1, 0.15) is 6.61 Å². The Hall–Kier alpha value is -2.29. The number of carbonyl (C=O) groups excluding carboxylic acids is 1. The molecule has 0 saturated carbocycles. The molecule has 0 unspecified atom stereocenters. The number of rotatable bonds is 4. The quantitative estimate of drug-likeness (QED) is 0.892. The third kappa shape index (κ3) is 3.94. The van der Waals surface area contributed by atoms with Crippen molar-refractivity contribution >= 4 is 6.09 Å². The first-order valence-electron chi connectivity index (χ1n) is 5.74. The third-order valence-electron chi connectivity index (χ3n) is 2.44. The smallest absolute Gasteiger partial charge is 0.407 e. The lowest BCUT2D eigenvalue weighted by Gasteiger charge is -2.07. The third-order valence-corrected chi connectivity index (χ3v) is 2.44. The molecule has 0 saturated heterocycles. The van der Waals surface area contributed by atoms with Crippen molar-refractivity contribution in [3.05, 3.63) is 71.8 Å². The van der Waals surface area contributed by atoms with Crippen LogP contribution in [0.2, 0.25) is 0 Å². The molecule has 0 spiro atoms. The fourth-order valence-corrected chi connectivity index (χ4v) is 1.49. The van der Waals surface area contributed by atoms with Gasteiger partial charge in [-0.25, -0.2) is 4.79 Å². The molecule has 0 aromatic heterocycles. The predicted molar refractivity (Wildman–Crippen MR) is 68.7 cm³/mol. The predicted octanol–water partition coefficient (Wildman–Crippen LogP) is 2.91. The Labute approximate surface area is 106 Å². The number of hydrogen-bond donors (Lipinski definition) is 1. The zero-order valence-electron chi connectivity index (χ0n) is 9.93. The van der Waals surface area contributed by atoms with Crippen molar-refractivity contribution in [2.45, 2.75) is 13.2 Å². The molecule has 91 valence electrons. The molecule has 3 nitrogen and oxygen atoms in total. The van der Waals surface area contributed by atoms with Crippen LogP contribution in [-0.2, 0) is 17.9 Å². The molecule has 1 radical (unpaired) electrons. The Bertz CT molecular complexity index is 437. The average Bonchev–Trinajstić information content (AvgIpc) is 2.45. The van der Waals surface area contributed by atoms with Crippen LogP contribution in [0.3, 0.4) is 0 Å². The van der Waals surface area contributed by atoms with Crippen LogP contribution in [0.15, 0.2) is 54.6 Å². The van der Waals surface area contributed by atoms with Gasteiger partial charge in [-0.15, -0.1) is 0 Å². The average molecular weight is 240 g/mol. The van der Waals surface area contributed by atoms with Crippen molar-refractivity contribution in [3.8, 4) is 0 Å². The molecule has 18 heavy (non-hydrogen) atoms. The summed E-state index contributed by atoms with van der Waals surface area (Å²) in [6, 6.07) is 19.9. The fourth-order valence-electron chi connectivity index (χ4n) is 1.49. The minimum absolute atomic E-state index is 0.287. The Balaban J connectivity index is 1.73. The second-order valence-electron chi connectivity index (χ2n) is 3.82. The van der Waals surface area contributed by atoms with Gasteiger partial charge >= 0.3 is 6.09 Å². The lowest BCUT2D eigenvalue weighted by molar-refractivity contribution is 0.139. The van der Waals surface area contributed by atoms with Gasteiger partial charge < -0.3 is 10.1 Å². The lowest BCUT2D eigenvalue weighted by Crippen LogP contribution is -2.23. The van der Waals surface area contributed by atoms with Crippen molar-refractivity contribution in [1.29, 1.82) is 0 Å². The van der Waals surface area contributed by atoms with Gasteiger partial charge in [-0.05, 0) is 17.2 Å². The highest BCUT2D eigenvalue weighted by Crippen LogP contribution is 2.01. The minimum atomic E-state index is -0.410. The maximum absolute atomic E-state index is 11.4. The number of hydrogen-bond acceptors (Lipinski definition) is 2. The highest BCUT2D eigenvalue weighted by Gasteiger charge is 2.01. The SMILES string of the molecule is O=C(NCc1cc[c]cc1)OCc1ccccc1. The van der Waals surface area contributed by atoms with Crippen molar-refractivity contribution in [2.24, 2.45) is 0 Å². The summed E-state index contributed by atoms with van der Waals surface area (Å²) in [6.45, 7) is 0.748. The van der Waals surface area contributed by atoms with Gasteiger partial charge in [-0.1, -0.05) is 54.6 Å². The van der Waals surface area contributed by atoms with Crippen molar-refractivity contribution in [2.75, 3.05) is 0 Å². The second kappa shape index (κ2) is 6.45. The van der Waals surface area contributed by atoms with Gasteiger partial charge in [0.15, 0.2) is 0 Å². The second-order valence-corrected chi connectivity index (χ2v) is 3.82. The molecule has 0 fully saturated rings. The van der Waals surface area contributed by atoms with E-state index in [2.05, 4.69) is 11.4 Å². The van der Waals surface area contributed by atoms with Gasteiger partial charge in [0, 0.05) is 6.54 Å². The topological polar surface area (TPSA) is 38.3 Å². The minimum Gasteiger partial charge on any atom is -0.445 e. The van der Waals surface area contributed by atoms with Crippen LogP contribution in [0.1, 0.15) is 11.1 Å². The van der Waals surface area contributed by atoms with E-state index in [1.165, 1.54) is 0 Å².